The average Bonchev–Trinajstić information content (AvgIpc) is 2.56. The van der Waals surface area contributed by atoms with Gasteiger partial charge in [-0.15, -0.1) is 5.10 Å². The molecule has 2 aromatic rings. The van der Waals surface area contributed by atoms with E-state index in [0.29, 0.717) is 5.91 Å². The summed E-state index contributed by atoms with van der Waals surface area (Å²) in [5.41, 5.74) is 0.948. The number of anilines is 1. The first-order valence-electron chi connectivity index (χ1n) is 8.07. The van der Waals surface area contributed by atoms with Gasteiger partial charge in [0, 0.05) is 48.5 Å². The Hall–Kier alpha value is -1.82. The normalized spacial score (nSPS) is 19.0. The Morgan fingerprint density at radius 1 is 1.13 bits per heavy atom. The van der Waals surface area contributed by atoms with Gasteiger partial charge in [0.25, 0.3) is 0 Å². The third kappa shape index (κ3) is 2.65. The van der Waals surface area contributed by atoms with Gasteiger partial charge in [0.15, 0.2) is 5.82 Å². The maximum atomic E-state index is 12.5. The van der Waals surface area contributed by atoms with Gasteiger partial charge in [-0.05, 0) is 6.92 Å². The molecule has 1 amide bonds. The lowest BCUT2D eigenvalue weighted by molar-refractivity contribution is -0.135. The Labute approximate surface area is 140 Å². The molecule has 0 aliphatic carbocycles. The molecule has 1 aromatic heterocycles. The number of nitrogens with zero attached hydrogens (tertiary/aromatic N) is 4. The Balaban J connectivity index is 1.50. The first kappa shape index (κ1) is 14.8. The predicted molar refractivity (Wildman–Crippen MR) is 93.9 cm³/mol. The van der Waals surface area contributed by atoms with Crippen molar-refractivity contribution in [1.29, 1.82) is 0 Å². The highest BCUT2D eigenvalue weighted by Gasteiger charge is 2.37. The summed E-state index contributed by atoms with van der Waals surface area (Å²) in [6.45, 7) is 5.28. The van der Waals surface area contributed by atoms with Crippen molar-refractivity contribution in [1.82, 2.24) is 15.1 Å². The molecule has 1 aromatic carbocycles. The van der Waals surface area contributed by atoms with Crippen molar-refractivity contribution in [3.05, 3.63) is 30.0 Å². The van der Waals surface area contributed by atoms with Crippen LogP contribution in [-0.4, -0.2) is 58.7 Å². The molecular formula is C17H20N4OS. The minimum atomic E-state index is 0.111. The summed E-state index contributed by atoms with van der Waals surface area (Å²) < 4.78 is 0. The lowest BCUT2D eigenvalue weighted by Gasteiger charge is -2.42. The van der Waals surface area contributed by atoms with Gasteiger partial charge in [-0.1, -0.05) is 24.3 Å². The van der Waals surface area contributed by atoms with Crippen molar-refractivity contribution < 1.29 is 4.79 Å². The van der Waals surface area contributed by atoms with Crippen LogP contribution in [0.15, 0.2) is 24.3 Å². The Morgan fingerprint density at radius 3 is 2.57 bits per heavy atom. The number of hydrogen-bond acceptors (Lipinski definition) is 5. The number of rotatable bonds is 2. The molecule has 0 unspecified atom stereocenters. The van der Waals surface area contributed by atoms with Gasteiger partial charge < -0.3 is 9.80 Å². The van der Waals surface area contributed by atoms with Crippen molar-refractivity contribution in [3.8, 4) is 0 Å². The highest BCUT2D eigenvalue weighted by Crippen LogP contribution is 2.31. The largest absolute Gasteiger partial charge is 0.353 e. The third-order valence-electron chi connectivity index (χ3n) is 4.71. The molecule has 0 saturated carbocycles. The summed E-state index contributed by atoms with van der Waals surface area (Å²) in [6, 6.07) is 8.22. The first-order valence-corrected chi connectivity index (χ1v) is 9.23. The molecule has 3 heterocycles. The zero-order valence-corrected chi connectivity index (χ0v) is 14.1. The third-order valence-corrected chi connectivity index (χ3v) is 5.65. The highest BCUT2D eigenvalue weighted by atomic mass is 32.2. The number of benzene rings is 1. The second-order valence-corrected chi connectivity index (χ2v) is 7.42. The van der Waals surface area contributed by atoms with E-state index in [0.717, 1.165) is 60.0 Å². The number of hydrogen-bond donors (Lipinski definition) is 0. The summed E-state index contributed by atoms with van der Waals surface area (Å²) >= 11 is 1.93. The van der Waals surface area contributed by atoms with Gasteiger partial charge in [-0.2, -0.15) is 16.9 Å². The van der Waals surface area contributed by atoms with Crippen molar-refractivity contribution >= 4 is 34.3 Å². The van der Waals surface area contributed by atoms with Crippen LogP contribution in [0.3, 0.4) is 0 Å². The van der Waals surface area contributed by atoms with Crippen LogP contribution >= 0.6 is 11.8 Å². The number of amides is 1. The Kier molecular flexibility index (Phi) is 3.85. The summed E-state index contributed by atoms with van der Waals surface area (Å²) in [6.07, 6.45) is 0. The molecule has 120 valence electrons. The van der Waals surface area contributed by atoms with E-state index < -0.39 is 0 Å². The van der Waals surface area contributed by atoms with Gasteiger partial charge in [-0.25, -0.2) is 0 Å². The van der Waals surface area contributed by atoms with Crippen LogP contribution in [-0.2, 0) is 4.79 Å². The van der Waals surface area contributed by atoms with E-state index in [-0.39, 0.29) is 5.92 Å². The van der Waals surface area contributed by atoms with Crippen molar-refractivity contribution in [3.63, 3.8) is 0 Å². The molecule has 2 aliphatic heterocycles. The fraction of sp³-hybridized carbons (Fsp3) is 0.471. The minimum absolute atomic E-state index is 0.111. The van der Waals surface area contributed by atoms with Gasteiger partial charge in [0.05, 0.1) is 11.6 Å². The Bertz CT molecular complexity index is 738. The second-order valence-electron chi connectivity index (χ2n) is 6.19. The molecule has 2 fully saturated rings. The van der Waals surface area contributed by atoms with Crippen LogP contribution in [0.25, 0.3) is 10.8 Å². The molecule has 0 atom stereocenters. The van der Waals surface area contributed by atoms with Crippen LogP contribution in [0.5, 0.6) is 0 Å². The second kappa shape index (κ2) is 6.00. The lowest BCUT2D eigenvalue weighted by atomic mass is 9.97. The van der Waals surface area contributed by atoms with Crippen molar-refractivity contribution in [2.24, 2.45) is 5.92 Å². The van der Waals surface area contributed by atoms with Crippen LogP contribution in [0.4, 0.5) is 5.82 Å². The number of carbonyl (C=O) groups is 1. The van der Waals surface area contributed by atoms with Crippen LogP contribution < -0.4 is 4.90 Å². The number of thioether (sulfide) groups is 1. The van der Waals surface area contributed by atoms with Crippen LogP contribution in [0.2, 0.25) is 0 Å². The average molecular weight is 328 g/mol. The van der Waals surface area contributed by atoms with Gasteiger partial charge >= 0.3 is 0 Å². The maximum absolute atomic E-state index is 12.5. The van der Waals surface area contributed by atoms with Crippen LogP contribution in [0, 0.1) is 12.8 Å². The molecule has 5 nitrogen and oxygen atoms in total. The summed E-state index contributed by atoms with van der Waals surface area (Å²) in [7, 11) is 0. The quantitative estimate of drug-likeness (QED) is 0.843. The molecule has 0 radical (unpaired) electrons. The van der Waals surface area contributed by atoms with E-state index in [4.69, 9.17) is 0 Å². The minimum Gasteiger partial charge on any atom is -0.353 e. The maximum Gasteiger partial charge on any atom is 0.229 e. The van der Waals surface area contributed by atoms with Gasteiger partial charge in [-0.3, -0.25) is 4.79 Å². The monoisotopic (exact) mass is 328 g/mol. The number of fused-ring (bicyclic) bond motifs is 1. The Morgan fingerprint density at radius 2 is 1.83 bits per heavy atom. The molecule has 6 heteroatoms. The molecular weight excluding hydrogens is 308 g/mol. The standard InChI is InChI=1S/C17H20N4OS/c1-12-14-4-2-3-5-15(14)16(19-18-12)21-10-13(11-21)17(22)20-6-8-23-9-7-20/h2-5,13H,6-11H2,1H3. The number of aryl methyl sites for hydroxylation is 1. The van der Waals surface area contributed by atoms with Gasteiger partial charge in [0.1, 0.15) is 0 Å². The lowest BCUT2D eigenvalue weighted by Crippen LogP contribution is -2.56. The van der Waals surface area contributed by atoms with E-state index in [2.05, 4.69) is 27.2 Å². The van der Waals surface area contributed by atoms with Gasteiger partial charge in [0.2, 0.25) is 5.91 Å². The SMILES string of the molecule is Cc1nnc(N2CC(C(=O)N3CCSCC3)C2)c2ccccc12. The summed E-state index contributed by atoms with van der Waals surface area (Å²) in [5, 5.41) is 10.9. The highest BCUT2D eigenvalue weighted by molar-refractivity contribution is 7.99. The fourth-order valence-electron chi connectivity index (χ4n) is 3.31. The number of aromatic nitrogens is 2. The van der Waals surface area contributed by atoms with E-state index in [9.17, 15) is 4.79 Å². The fourth-order valence-corrected chi connectivity index (χ4v) is 4.21. The topological polar surface area (TPSA) is 49.3 Å². The van der Waals surface area contributed by atoms with E-state index in [1.165, 1.54) is 0 Å². The van der Waals surface area contributed by atoms with Crippen LogP contribution in [0.1, 0.15) is 5.69 Å². The predicted octanol–water partition coefficient (Wildman–Crippen LogP) is 1.95. The molecule has 0 N–H and O–H groups in total. The molecule has 2 saturated heterocycles. The molecule has 2 aliphatic rings. The summed E-state index contributed by atoms with van der Waals surface area (Å²) in [5.74, 6) is 3.46. The number of carbonyl (C=O) groups excluding carboxylic acids is 1. The first-order chi connectivity index (χ1) is 11.2. The molecule has 23 heavy (non-hydrogen) atoms. The molecule has 0 spiro atoms. The van der Waals surface area contributed by atoms with Crippen molar-refractivity contribution in [2.45, 2.75) is 6.92 Å². The zero-order chi connectivity index (χ0) is 15.8. The smallest absolute Gasteiger partial charge is 0.229 e. The zero-order valence-electron chi connectivity index (χ0n) is 13.2. The van der Waals surface area contributed by atoms with E-state index >= 15 is 0 Å². The van der Waals surface area contributed by atoms with Crippen molar-refractivity contribution in [2.75, 3.05) is 42.6 Å². The molecule has 0 bridgehead atoms. The molecule has 4 rings (SSSR count). The summed E-state index contributed by atoms with van der Waals surface area (Å²) in [4.78, 5) is 16.7. The van der Waals surface area contributed by atoms with E-state index in [1.807, 2.05) is 35.7 Å². The van der Waals surface area contributed by atoms with E-state index in [1.54, 1.807) is 0 Å².